The number of aromatic hydroxyl groups is 1. The van der Waals surface area contributed by atoms with E-state index < -0.39 is 0 Å². The van der Waals surface area contributed by atoms with Crippen LogP contribution in [-0.4, -0.2) is 17.1 Å². The summed E-state index contributed by atoms with van der Waals surface area (Å²) in [5, 5.41) is 13.2. The molecule has 3 N–H and O–H groups in total. The molecule has 1 aromatic heterocycles. The molecule has 0 amide bonds. The molecule has 1 aromatic carbocycles. The van der Waals surface area contributed by atoms with Crippen LogP contribution in [0.4, 0.5) is 5.82 Å². The van der Waals surface area contributed by atoms with E-state index >= 15 is 0 Å². The Morgan fingerprint density at radius 2 is 2.12 bits per heavy atom. The zero-order valence-corrected chi connectivity index (χ0v) is 8.14. The maximum atomic E-state index is 9.68. The minimum Gasteiger partial charge on any atom is -0.504 e. The number of fused-ring (bicyclic) bond motifs is 1. The zero-order chi connectivity index (χ0) is 11.1. The summed E-state index contributed by atoms with van der Waals surface area (Å²) in [6.45, 7) is 0.102. The molecular weight excluding hydrogens is 212 g/mol. The van der Waals surface area contributed by atoms with Gasteiger partial charge in [0.15, 0.2) is 23.1 Å². The molecule has 6 heteroatoms. The second kappa shape index (κ2) is 3.06. The van der Waals surface area contributed by atoms with E-state index in [-0.39, 0.29) is 18.4 Å². The van der Waals surface area contributed by atoms with Crippen LogP contribution in [0.3, 0.4) is 0 Å². The molecule has 6 nitrogen and oxygen atoms in total. The first-order valence-electron chi connectivity index (χ1n) is 4.59. The van der Waals surface area contributed by atoms with Crippen molar-refractivity contribution >= 4 is 5.82 Å². The van der Waals surface area contributed by atoms with Crippen LogP contribution >= 0.6 is 0 Å². The van der Waals surface area contributed by atoms with Crippen molar-refractivity contribution in [3.8, 4) is 28.6 Å². The molecule has 0 radical (unpaired) electrons. The van der Waals surface area contributed by atoms with Gasteiger partial charge in [-0.05, 0) is 12.1 Å². The number of nitrogens with zero attached hydrogens (tertiary/aromatic N) is 1. The first kappa shape index (κ1) is 8.90. The van der Waals surface area contributed by atoms with E-state index in [4.69, 9.17) is 19.7 Å². The lowest BCUT2D eigenvalue weighted by Crippen LogP contribution is -1.93. The number of aromatic nitrogens is 1. The average molecular weight is 220 g/mol. The van der Waals surface area contributed by atoms with Crippen LogP contribution in [0.5, 0.6) is 17.2 Å². The van der Waals surface area contributed by atoms with E-state index in [1.54, 1.807) is 12.1 Å². The number of anilines is 1. The van der Waals surface area contributed by atoms with Crippen LogP contribution < -0.4 is 15.2 Å². The van der Waals surface area contributed by atoms with E-state index in [2.05, 4.69) is 5.16 Å². The lowest BCUT2D eigenvalue weighted by atomic mass is 10.1. The maximum Gasteiger partial charge on any atom is 0.231 e. The fraction of sp³-hybridized carbons (Fsp3) is 0.100. The smallest absolute Gasteiger partial charge is 0.231 e. The minimum atomic E-state index is -0.0000265. The van der Waals surface area contributed by atoms with E-state index in [0.29, 0.717) is 22.8 Å². The second-order valence-corrected chi connectivity index (χ2v) is 3.35. The Balaban J connectivity index is 2.12. The number of nitrogen functional groups attached to an aromatic ring is 1. The third-order valence-electron chi connectivity index (χ3n) is 2.27. The molecular formula is C10H8N2O4. The average Bonchev–Trinajstić information content (AvgIpc) is 2.85. The van der Waals surface area contributed by atoms with Crippen LogP contribution in [0.1, 0.15) is 0 Å². The number of phenols is 1. The van der Waals surface area contributed by atoms with Crippen LogP contribution in [0.15, 0.2) is 22.7 Å². The van der Waals surface area contributed by atoms with Crippen molar-refractivity contribution in [2.24, 2.45) is 0 Å². The van der Waals surface area contributed by atoms with Crippen molar-refractivity contribution in [2.45, 2.75) is 0 Å². The quantitative estimate of drug-likeness (QED) is 0.753. The number of ether oxygens (including phenoxy) is 2. The van der Waals surface area contributed by atoms with E-state index in [9.17, 15) is 5.11 Å². The highest BCUT2D eigenvalue weighted by Gasteiger charge is 2.20. The number of rotatable bonds is 1. The van der Waals surface area contributed by atoms with Crippen molar-refractivity contribution in [3.63, 3.8) is 0 Å². The molecule has 2 aromatic rings. The molecule has 82 valence electrons. The summed E-state index contributed by atoms with van der Waals surface area (Å²) < 4.78 is 15.2. The summed E-state index contributed by atoms with van der Waals surface area (Å²) in [5.41, 5.74) is 6.07. The van der Waals surface area contributed by atoms with Gasteiger partial charge in [-0.25, -0.2) is 0 Å². The third kappa shape index (κ3) is 1.23. The second-order valence-electron chi connectivity index (χ2n) is 3.35. The molecule has 0 saturated heterocycles. The Morgan fingerprint density at radius 1 is 1.25 bits per heavy atom. The fourth-order valence-corrected chi connectivity index (χ4v) is 1.56. The summed E-state index contributed by atoms with van der Waals surface area (Å²) in [6.07, 6.45) is 0. The number of hydrogen-bond acceptors (Lipinski definition) is 6. The van der Waals surface area contributed by atoms with Gasteiger partial charge in [-0.3, -0.25) is 0 Å². The first-order valence-corrected chi connectivity index (χ1v) is 4.59. The van der Waals surface area contributed by atoms with Crippen LogP contribution in [0.2, 0.25) is 0 Å². The fourth-order valence-electron chi connectivity index (χ4n) is 1.56. The number of hydrogen-bond donors (Lipinski definition) is 2. The molecule has 0 spiro atoms. The molecule has 3 rings (SSSR count). The van der Waals surface area contributed by atoms with Gasteiger partial charge in [0.2, 0.25) is 12.5 Å². The zero-order valence-electron chi connectivity index (χ0n) is 8.14. The van der Waals surface area contributed by atoms with Crippen molar-refractivity contribution in [3.05, 3.63) is 18.2 Å². The molecule has 1 aliphatic rings. The van der Waals surface area contributed by atoms with Crippen LogP contribution in [0.25, 0.3) is 11.3 Å². The summed E-state index contributed by atoms with van der Waals surface area (Å²) in [4.78, 5) is 0. The topological polar surface area (TPSA) is 90.7 Å². The highest BCUT2D eigenvalue weighted by molar-refractivity contribution is 5.68. The number of nitrogens with two attached hydrogens (primary N) is 1. The van der Waals surface area contributed by atoms with E-state index in [1.165, 1.54) is 6.07 Å². The Morgan fingerprint density at radius 3 is 2.88 bits per heavy atom. The predicted molar refractivity (Wildman–Crippen MR) is 54.1 cm³/mol. The molecule has 0 unspecified atom stereocenters. The molecule has 0 atom stereocenters. The van der Waals surface area contributed by atoms with Gasteiger partial charge < -0.3 is 24.8 Å². The SMILES string of the molecule is Nc1cc(-c2cc(O)c3c(c2)OCO3)on1. The highest BCUT2D eigenvalue weighted by Crippen LogP contribution is 2.43. The highest BCUT2D eigenvalue weighted by atomic mass is 16.7. The number of phenolic OH excluding ortho intramolecular Hbond substituents is 1. The third-order valence-corrected chi connectivity index (χ3v) is 2.27. The van der Waals surface area contributed by atoms with Crippen molar-refractivity contribution in [1.29, 1.82) is 0 Å². The van der Waals surface area contributed by atoms with Gasteiger partial charge in [-0.15, -0.1) is 0 Å². The Bertz CT molecular complexity index is 550. The van der Waals surface area contributed by atoms with Gasteiger partial charge in [0.05, 0.1) is 0 Å². The van der Waals surface area contributed by atoms with Crippen LogP contribution in [-0.2, 0) is 0 Å². The molecule has 0 saturated carbocycles. The van der Waals surface area contributed by atoms with Crippen molar-refractivity contribution in [2.75, 3.05) is 12.5 Å². The molecule has 1 aliphatic heterocycles. The lowest BCUT2D eigenvalue weighted by Gasteiger charge is -2.01. The summed E-state index contributed by atoms with van der Waals surface area (Å²) >= 11 is 0. The largest absolute Gasteiger partial charge is 0.504 e. The van der Waals surface area contributed by atoms with E-state index in [0.717, 1.165) is 0 Å². The summed E-state index contributed by atoms with van der Waals surface area (Å²) in [7, 11) is 0. The first-order chi connectivity index (χ1) is 7.74. The Hall–Kier alpha value is -2.37. The predicted octanol–water partition coefficient (Wildman–Crippen LogP) is 1.36. The van der Waals surface area contributed by atoms with Gasteiger partial charge in [0.1, 0.15) is 0 Å². The number of benzene rings is 1. The molecule has 16 heavy (non-hydrogen) atoms. The van der Waals surface area contributed by atoms with Gasteiger partial charge in [-0.2, -0.15) is 0 Å². The van der Waals surface area contributed by atoms with Gasteiger partial charge >= 0.3 is 0 Å². The normalized spacial score (nSPS) is 13.0. The van der Waals surface area contributed by atoms with Crippen molar-refractivity contribution < 1.29 is 19.1 Å². The minimum absolute atomic E-state index is 0.0000265. The van der Waals surface area contributed by atoms with Gasteiger partial charge in [-0.1, -0.05) is 5.16 Å². The van der Waals surface area contributed by atoms with E-state index in [1.807, 2.05) is 0 Å². The van der Waals surface area contributed by atoms with Gasteiger partial charge in [0.25, 0.3) is 0 Å². The molecule has 0 bridgehead atoms. The Kier molecular flexibility index (Phi) is 1.70. The van der Waals surface area contributed by atoms with Crippen molar-refractivity contribution in [1.82, 2.24) is 5.16 Å². The Labute approximate surface area is 90.2 Å². The lowest BCUT2D eigenvalue weighted by molar-refractivity contribution is 0.171. The molecule has 0 fully saturated rings. The summed E-state index contributed by atoms with van der Waals surface area (Å²) in [5.74, 6) is 1.57. The van der Waals surface area contributed by atoms with Gasteiger partial charge in [0, 0.05) is 11.6 Å². The molecule has 2 heterocycles. The van der Waals surface area contributed by atoms with Crippen LogP contribution in [0, 0.1) is 0 Å². The maximum absolute atomic E-state index is 9.68. The molecule has 0 aliphatic carbocycles. The standard InChI is InChI=1S/C10H8N2O4/c11-9-3-7(16-12-9)5-1-6(13)10-8(2-5)14-4-15-10/h1-3,13H,4H2,(H2,11,12). The monoisotopic (exact) mass is 220 g/mol. The summed E-state index contributed by atoms with van der Waals surface area (Å²) in [6, 6.07) is 4.77.